The lowest BCUT2D eigenvalue weighted by Gasteiger charge is -2.18. The second kappa shape index (κ2) is 5.91. The lowest BCUT2D eigenvalue weighted by Crippen LogP contribution is -2.15. The van der Waals surface area contributed by atoms with Crippen LogP contribution in [0.5, 0.6) is 11.5 Å². The zero-order valence-electron chi connectivity index (χ0n) is 10.5. The third-order valence-electron chi connectivity index (χ3n) is 2.45. The Bertz CT molecular complexity index is 545. The molecule has 0 radical (unpaired) electrons. The van der Waals surface area contributed by atoms with Gasteiger partial charge in [0, 0.05) is 6.08 Å². The van der Waals surface area contributed by atoms with Gasteiger partial charge in [0.2, 0.25) is 0 Å². The maximum Gasteiger partial charge on any atom is 0.332 e. The fraction of sp³-hybridized carbons (Fsp3) is 0.286. The van der Waals surface area contributed by atoms with E-state index in [0.29, 0.717) is 24.7 Å². The molecule has 1 atom stereocenters. The van der Waals surface area contributed by atoms with Crippen LogP contribution in [0.15, 0.2) is 24.3 Å². The maximum absolute atomic E-state index is 11.4. The molecule has 0 aliphatic carbocycles. The number of rotatable bonds is 3. The summed E-state index contributed by atoms with van der Waals surface area (Å²) in [6.07, 6.45) is 2.13. The summed E-state index contributed by atoms with van der Waals surface area (Å²) in [7, 11) is 0. The molecule has 0 N–H and O–H groups in total. The van der Waals surface area contributed by atoms with Crippen molar-refractivity contribution in [3.8, 4) is 17.6 Å². The molecule has 0 amide bonds. The Hall–Kier alpha value is -2.48. The smallest absolute Gasteiger partial charge is 0.332 e. The van der Waals surface area contributed by atoms with Crippen molar-refractivity contribution in [2.75, 3.05) is 13.2 Å². The van der Waals surface area contributed by atoms with Gasteiger partial charge in [-0.2, -0.15) is 5.26 Å². The number of hydrogen-bond acceptors (Lipinski definition) is 5. The summed E-state index contributed by atoms with van der Waals surface area (Å²) < 4.78 is 15.6. The summed E-state index contributed by atoms with van der Waals surface area (Å²) in [6, 6.07) is 7.20. The van der Waals surface area contributed by atoms with Gasteiger partial charge in [0.15, 0.2) is 17.6 Å². The van der Waals surface area contributed by atoms with Crippen LogP contribution in [0.4, 0.5) is 0 Å². The lowest BCUT2D eigenvalue weighted by atomic mass is 10.2. The van der Waals surface area contributed by atoms with E-state index in [1.54, 1.807) is 18.2 Å². The Balaban J connectivity index is 2.03. The molecular formula is C14H13NO4. The highest BCUT2D eigenvalue weighted by Crippen LogP contribution is 2.31. The number of benzene rings is 1. The maximum atomic E-state index is 11.4. The predicted molar refractivity (Wildman–Crippen MR) is 67.6 cm³/mol. The molecule has 5 nitrogen and oxygen atoms in total. The largest absolute Gasteiger partial charge is 0.486 e. The Morgan fingerprint density at radius 3 is 2.89 bits per heavy atom. The van der Waals surface area contributed by atoms with E-state index in [1.807, 2.05) is 12.1 Å². The zero-order valence-corrected chi connectivity index (χ0v) is 10.5. The van der Waals surface area contributed by atoms with Gasteiger partial charge >= 0.3 is 5.97 Å². The number of ether oxygens (including phenoxy) is 3. The average Bonchev–Trinajstić information content (AvgIpc) is 2.44. The van der Waals surface area contributed by atoms with Crippen LogP contribution in [0.2, 0.25) is 0 Å². The third-order valence-corrected chi connectivity index (χ3v) is 2.45. The van der Waals surface area contributed by atoms with Crippen molar-refractivity contribution in [3.05, 3.63) is 29.8 Å². The second-order valence-corrected chi connectivity index (χ2v) is 3.94. The predicted octanol–water partition coefficient (Wildman–Crippen LogP) is 1.93. The fourth-order valence-electron chi connectivity index (χ4n) is 1.57. The van der Waals surface area contributed by atoms with Crippen molar-refractivity contribution in [2.45, 2.75) is 13.0 Å². The van der Waals surface area contributed by atoms with Crippen LogP contribution in [-0.4, -0.2) is 25.3 Å². The number of carbonyl (C=O) groups excluding carboxylic acids is 1. The Morgan fingerprint density at radius 2 is 2.16 bits per heavy atom. The zero-order chi connectivity index (χ0) is 13.7. The van der Waals surface area contributed by atoms with Crippen molar-refractivity contribution in [1.29, 1.82) is 5.26 Å². The van der Waals surface area contributed by atoms with Crippen LogP contribution in [0.1, 0.15) is 12.5 Å². The van der Waals surface area contributed by atoms with Gasteiger partial charge < -0.3 is 14.2 Å². The third kappa shape index (κ3) is 3.49. The normalized spacial score (nSPS) is 14.7. The van der Waals surface area contributed by atoms with Crippen LogP contribution in [0, 0.1) is 11.3 Å². The van der Waals surface area contributed by atoms with Crippen LogP contribution >= 0.6 is 0 Å². The first-order chi connectivity index (χ1) is 9.19. The van der Waals surface area contributed by atoms with Crippen LogP contribution in [-0.2, 0) is 9.53 Å². The van der Waals surface area contributed by atoms with Gasteiger partial charge in [-0.15, -0.1) is 0 Å². The molecule has 19 heavy (non-hydrogen) atoms. The van der Waals surface area contributed by atoms with E-state index in [-0.39, 0.29) is 0 Å². The number of fused-ring (bicyclic) bond motifs is 1. The minimum Gasteiger partial charge on any atom is -0.486 e. The van der Waals surface area contributed by atoms with E-state index < -0.39 is 12.1 Å². The van der Waals surface area contributed by atoms with Crippen LogP contribution < -0.4 is 9.47 Å². The Kier molecular flexibility index (Phi) is 4.04. The summed E-state index contributed by atoms with van der Waals surface area (Å²) in [5.41, 5.74) is 0.797. The number of nitrogens with zero attached hydrogens (tertiary/aromatic N) is 1. The fourth-order valence-corrected chi connectivity index (χ4v) is 1.57. The van der Waals surface area contributed by atoms with E-state index in [9.17, 15) is 4.79 Å². The first kappa shape index (κ1) is 13.0. The molecular weight excluding hydrogens is 246 g/mol. The standard InChI is InChI=1S/C14H13NO4/c1-10(9-15)19-14(16)5-3-11-2-4-12-13(8-11)18-7-6-17-12/h2-5,8,10H,6-7H2,1H3/b5-3+. The molecule has 5 heteroatoms. The van der Waals surface area contributed by atoms with E-state index in [0.717, 1.165) is 5.56 Å². The molecule has 1 aliphatic rings. The summed E-state index contributed by atoms with van der Waals surface area (Å²) in [5, 5.41) is 8.52. The number of esters is 1. The number of carbonyl (C=O) groups is 1. The van der Waals surface area contributed by atoms with E-state index in [1.165, 1.54) is 13.0 Å². The van der Waals surface area contributed by atoms with Gasteiger partial charge in [-0.3, -0.25) is 0 Å². The van der Waals surface area contributed by atoms with E-state index >= 15 is 0 Å². The molecule has 1 aromatic carbocycles. The Labute approximate surface area is 111 Å². The van der Waals surface area contributed by atoms with Crippen molar-refractivity contribution in [1.82, 2.24) is 0 Å². The van der Waals surface area contributed by atoms with Crippen molar-refractivity contribution < 1.29 is 19.0 Å². The lowest BCUT2D eigenvalue weighted by molar-refractivity contribution is -0.139. The topological polar surface area (TPSA) is 68.5 Å². The van der Waals surface area contributed by atoms with Gasteiger partial charge in [0.05, 0.1) is 0 Å². The van der Waals surface area contributed by atoms with E-state index in [4.69, 9.17) is 19.5 Å². The number of hydrogen-bond donors (Lipinski definition) is 0. The van der Waals surface area contributed by atoms with Crippen LogP contribution in [0.25, 0.3) is 6.08 Å². The van der Waals surface area contributed by atoms with Gasteiger partial charge in [-0.25, -0.2) is 4.79 Å². The first-order valence-corrected chi connectivity index (χ1v) is 5.87. The van der Waals surface area contributed by atoms with Gasteiger partial charge in [-0.1, -0.05) is 6.07 Å². The molecule has 0 bridgehead atoms. The summed E-state index contributed by atoms with van der Waals surface area (Å²) in [6.45, 7) is 2.57. The molecule has 1 aromatic rings. The van der Waals surface area contributed by atoms with Gasteiger partial charge in [0.1, 0.15) is 19.3 Å². The molecule has 0 saturated carbocycles. The minimum atomic E-state index is -0.752. The molecule has 0 fully saturated rings. The summed E-state index contributed by atoms with van der Waals surface area (Å²) in [5.74, 6) is 0.806. The highest BCUT2D eigenvalue weighted by molar-refractivity contribution is 5.87. The number of nitriles is 1. The molecule has 1 aliphatic heterocycles. The van der Waals surface area contributed by atoms with Crippen LogP contribution in [0.3, 0.4) is 0 Å². The van der Waals surface area contributed by atoms with Gasteiger partial charge in [-0.05, 0) is 30.7 Å². The average molecular weight is 259 g/mol. The molecule has 0 saturated heterocycles. The van der Waals surface area contributed by atoms with E-state index in [2.05, 4.69) is 0 Å². The monoisotopic (exact) mass is 259 g/mol. The molecule has 0 aromatic heterocycles. The Morgan fingerprint density at radius 1 is 1.42 bits per heavy atom. The highest BCUT2D eigenvalue weighted by Gasteiger charge is 2.11. The minimum absolute atomic E-state index is 0.516. The molecule has 98 valence electrons. The van der Waals surface area contributed by atoms with Crippen molar-refractivity contribution >= 4 is 12.0 Å². The van der Waals surface area contributed by atoms with Crippen molar-refractivity contribution in [3.63, 3.8) is 0 Å². The molecule has 1 heterocycles. The first-order valence-electron chi connectivity index (χ1n) is 5.87. The second-order valence-electron chi connectivity index (χ2n) is 3.94. The quantitative estimate of drug-likeness (QED) is 0.612. The van der Waals surface area contributed by atoms with Gasteiger partial charge in [0.25, 0.3) is 0 Å². The SMILES string of the molecule is CC(C#N)OC(=O)/C=C/c1ccc2c(c1)OCCO2. The van der Waals surface area contributed by atoms with Crippen molar-refractivity contribution in [2.24, 2.45) is 0 Å². The summed E-state index contributed by atoms with van der Waals surface area (Å²) in [4.78, 5) is 11.4. The summed E-state index contributed by atoms with van der Waals surface area (Å²) >= 11 is 0. The molecule has 2 rings (SSSR count). The highest BCUT2D eigenvalue weighted by atomic mass is 16.6. The molecule has 1 unspecified atom stereocenters. The molecule has 0 spiro atoms.